The van der Waals surface area contributed by atoms with Crippen LogP contribution in [-0.2, 0) is 6.54 Å². The molecule has 0 unspecified atom stereocenters. The Balaban J connectivity index is 1.85. The van der Waals surface area contributed by atoms with E-state index in [2.05, 4.69) is 10.4 Å². The molecule has 0 radical (unpaired) electrons. The molecule has 4 aromatic rings. The average molecular weight is 444 g/mol. The van der Waals surface area contributed by atoms with E-state index in [-0.39, 0.29) is 12.2 Å². The largest absolute Gasteiger partial charge is 0.352 e. The molecule has 0 aliphatic rings. The Hall–Kier alpha value is -4.33. The van der Waals surface area contributed by atoms with E-state index >= 15 is 0 Å². The summed E-state index contributed by atoms with van der Waals surface area (Å²) in [5, 5.41) is 6.62. The summed E-state index contributed by atoms with van der Waals surface area (Å²) in [6, 6.07) is 22.9. The molecule has 0 fully saturated rings. The van der Waals surface area contributed by atoms with Crippen LogP contribution in [0.15, 0.2) is 94.5 Å². The number of benzene rings is 3. The predicted octanol–water partition coefficient (Wildman–Crippen LogP) is 3.07. The molecule has 1 N–H and O–H groups in total. The van der Waals surface area contributed by atoms with Gasteiger partial charge in [0.2, 0.25) is 5.69 Å². The van der Waals surface area contributed by atoms with Gasteiger partial charge in [0.05, 0.1) is 6.04 Å². The lowest BCUT2D eigenvalue weighted by atomic mass is 10.1. The lowest BCUT2D eigenvalue weighted by Gasteiger charge is -2.18. The van der Waals surface area contributed by atoms with Crippen molar-refractivity contribution in [1.29, 1.82) is 0 Å². The van der Waals surface area contributed by atoms with Crippen LogP contribution < -0.4 is 16.6 Å². The first-order valence-electron chi connectivity index (χ1n) is 10.3. The van der Waals surface area contributed by atoms with Crippen molar-refractivity contribution in [3.63, 3.8) is 0 Å². The minimum atomic E-state index is -0.852. The number of hydrogen-bond donors (Lipinski definition) is 1. The maximum Gasteiger partial charge on any atom is 0.352 e. The minimum absolute atomic E-state index is 0.159. The number of amides is 1. The molecule has 0 bridgehead atoms. The smallest absolute Gasteiger partial charge is 0.346 e. The fraction of sp³-hybridized carbons (Fsp3) is 0.120. The van der Waals surface area contributed by atoms with Gasteiger partial charge in [-0.2, -0.15) is 9.78 Å². The van der Waals surface area contributed by atoms with E-state index in [1.807, 2.05) is 36.4 Å². The van der Waals surface area contributed by atoms with Crippen molar-refractivity contribution < 1.29 is 9.18 Å². The zero-order valence-electron chi connectivity index (χ0n) is 17.8. The molecule has 7 nitrogen and oxygen atoms in total. The van der Waals surface area contributed by atoms with Crippen LogP contribution in [0.2, 0.25) is 0 Å². The average Bonchev–Trinajstić information content (AvgIpc) is 2.84. The molecule has 1 heterocycles. The summed E-state index contributed by atoms with van der Waals surface area (Å²) < 4.78 is 16.2. The Morgan fingerprint density at radius 3 is 2.21 bits per heavy atom. The second kappa shape index (κ2) is 9.44. The van der Waals surface area contributed by atoms with E-state index in [1.54, 1.807) is 31.2 Å². The molecule has 0 saturated heterocycles. The molecular formula is C25H21FN4O3. The molecule has 166 valence electrons. The number of rotatable bonds is 6. The molecule has 1 amide bonds. The van der Waals surface area contributed by atoms with Crippen molar-refractivity contribution in [3.05, 3.63) is 128 Å². The van der Waals surface area contributed by atoms with Gasteiger partial charge in [-0.25, -0.2) is 13.8 Å². The number of nitrogens with zero attached hydrogens (tertiary/aromatic N) is 3. The highest BCUT2D eigenvalue weighted by Crippen LogP contribution is 2.15. The predicted molar refractivity (Wildman–Crippen MR) is 122 cm³/mol. The number of aromatic nitrogens is 3. The van der Waals surface area contributed by atoms with Crippen molar-refractivity contribution in [3.8, 4) is 5.69 Å². The van der Waals surface area contributed by atoms with Gasteiger partial charge in [-0.1, -0.05) is 72.8 Å². The Kier molecular flexibility index (Phi) is 6.26. The molecule has 0 saturated carbocycles. The maximum absolute atomic E-state index is 14.5. The number of nitrogens with one attached hydrogen (secondary N) is 1. The van der Waals surface area contributed by atoms with Gasteiger partial charge in [0.1, 0.15) is 11.5 Å². The van der Waals surface area contributed by atoms with Crippen LogP contribution in [0.1, 0.15) is 34.6 Å². The highest BCUT2D eigenvalue weighted by molar-refractivity contribution is 5.91. The SMILES string of the molecule is C[C@@H](c1ccccc1)n1c(=O)c(C(=O)NCc2ccccc2)nn(-c2ccccc2F)c1=O. The highest BCUT2D eigenvalue weighted by Gasteiger charge is 2.24. The van der Waals surface area contributed by atoms with Crippen molar-refractivity contribution in [2.75, 3.05) is 0 Å². The first-order chi connectivity index (χ1) is 16.0. The molecular weight excluding hydrogens is 423 g/mol. The van der Waals surface area contributed by atoms with Crippen LogP contribution in [-0.4, -0.2) is 20.3 Å². The van der Waals surface area contributed by atoms with Crippen molar-refractivity contribution in [2.24, 2.45) is 0 Å². The molecule has 4 rings (SSSR count). The van der Waals surface area contributed by atoms with Gasteiger partial charge < -0.3 is 5.32 Å². The normalized spacial score (nSPS) is 11.7. The molecule has 1 atom stereocenters. The van der Waals surface area contributed by atoms with E-state index in [4.69, 9.17) is 0 Å². The fourth-order valence-electron chi connectivity index (χ4n) is 3.50. The summed E-state index contributed by atoms with van der Waals surface area (Å²) >= 11 is 0. The van der Waals surface area contributed by atoms with E-state index in [0.717, 1.165) is 14.8 Å². The molecule has 0 aliphatic heterocycles. The topological polar surface area (TPSA) is 86.0 Å². The van der Waals surface area contributed by atoms with Crippen LogP contribution in [0.3, 0.4) is 0 Å². The first-order valence-corrected chi connectivity index (χ1v) is 10.3. The third kappa shape index (κ3) is 4.50. The number of carbonyl (C=O) groups is 1. The van der Waals surface area contributed by atoms with Crippen molar-refractivity contribution >= 4 is 5.91 Å². The molecule has 1 aromatic heterocycles. The third-order valence-electron chi connectivity index (χ3n) is 5.27. The lowest BCUT2D eigenvalue weighted by Crippen LogP contribution is -2.47. The van der Waals surface area contributed by atoms with Gasteiger partial charge >= 0.3 is 5.69 Å². The molecule has 0 spiro atoms. The molecule has 8 heteroatoms. The van der Waals surface area contributed by atoms with Crippen LogP contribution in [0.4, 0.5) is 4.39 Å². The lowest BCUT2D eigenvalue weighted by molar-refractivity contribution is 0.0940. The van der Waals surface area contributed by atoms with E-state index in [9.17, 15) is 18.8 Å². The molecule has 33 heavy (non-hydrogen) atoms. The standard InChI is InChI=1S/C25H21FN4O3/c1-17(19-12-6-3-7-13-19)29-24(32)22(23(31)27-16-18-10-4-2-5-11-18)28-30(25(29)33)21-15-9-8-14-20(21)26/h2-15,17H,16H2,1H3,(H,27,31)/t17-/m0/s1. The van der Waals surface area contributed by atoms with E-state index in [0.29, 0.717) is 5.56 Å². The number of halogens is 1. The van der Waals surface area contributed by atoms with Gasteiger partial charge in [0.15, 0.2) is 0 Å². The number of para-hydroxylation sites is 1. The summed E-state index contributed by atoms with van der Waals surface area (Å²) in [6.07, 6.45) is 0. The second-order valence-electron chi connectivity index (χ2n) is 7.42. The Bertz CT molecular complexity index is 1400. The summed E-state index contributed by atoms with van der Waals surface area (Å²) in [7, 11) is 0. The third-order valence-corrected chi connectivity index (χ3v) is 5.27. The Morgan fingerprint density at radius 2 is 1.55 bits per heavy atom. The quantitative estimate of drug-likeness (QED) is 0.495. The van der Waals surface area contributed by atoms with Gasteiger partial charge in [-0.3, -0.25) is 9.59 Å². The van der Waals surface area contributed by atoms with Crippen molar-refractivity contribution in [1.82, 2.24) is 19.7 Å². The Labute approximate surface area is 188 Å². The summed E-state index contributed by atoms with van der Waals surface area (Å²) in [6.45, 7) is 1.82. The van der Waals surface area contributed by atoms with Gasteiger partial charge in [-0.05, 0) is 30.2 Å². The second-order valence-corrected chi connectivity index (χ2v) is 7.42. The maximum atomic E-state index is 14.5. The van der Waals surface area contributed by atoms with E-state index in [1.165, 1.54) is 24.3 Å². The van der Waals surface area contributed by atoms with Gasteiger partial charge in [0, 0.05) is 6.54 Å². The zero-order valence-corrected chi connectivity index (χ0v) is 17.8. The summed E-state index contributed by atoms with van der Waals surface area (Å²) in [5.41, 5.74) is -0.856. The van der Waals surface area contributed by atoms with Crippen LogP contribution >= 0.6 is 0 Å². The molecule has 3 aromatic carbocycles. The van der Waals surface area contributed by atoms with Crippen LogP contribution in [0.5, 0.6) is 0 Å². The Morgan fingerprint density at radius 1 is 0.939 bits per heavy atom. The zero-order chi connectivity index (χ0) is 23.4. The van der Waals surface area contributed by atoms with Gasteiger partial charge in [-0.15, -0.1) is 0 Å². The fourth-order valence-corrected chi connectivity index (χ4v) is 3.50. The monoisotopic (exact) mass is 444 g/mol. The van der Waals surface area contributed by atoms with E-state index < -0.39 is 34.7 Å². The minimum Gasteiger partial charge on any atom is -0.346 e. The van der Waals surface area contributed by atoms with Crippen LogP contribution in [0.25, 0.3) is 5.69 Å². The van der Waals surface area contributed by atoms with Crippen LogP contribution in [0, 0.1) is 5.82 Å². The summed E-state index contributed by atoms with van der Waals surface area (Å²) in [5.74, 6) is -1.47. The number of hydrogen-bond acceptors (Lipinski definition) is 4. The first kappa shape index (κ1) is 21.9. The van der Waals surface area contributed by atoms with Gasteiger partial charge in [0.25, 0.3) is 11.5 Å². The highest BCUT2D eigenvalue weighted by atomic mass is 19.1. The molecule has 0 aliphatic carbocycles. The summed E-state index contributed by atoms with van der Waals surface area (Å²) in [4.78, 5) is 39.5. The number of carbonyl (C=O) groups excluding carboxylic acids is 1. The van der Waals surface area contributed by atoms with Crippen molar-refractivity contribution in [2.45, 2.75) is 19.5 Å².